The number of hydrogen-bond donors (Lipinski definition) is 0. The van der Waals surface area contributed by atoms with Crippen LogP contribution in [0.4, 0.5) is 0 Å². The standard InChI is InChI=1S/C14H19BrClNO.BrH/c15-13-11-12(16)5-6-14(13)18-10-4-9-17-7-2-1-3-8-17;/h5-6,11H,1-4,7-10H2;1H. The van der Waals surface area contributed by atoms with Gasteiger partial charge in [0, 0.05) is 11.6 Å². The van der Waals surface area contributed by atoms with E-state index in [4.69, 9.17) is 16.3 Å². The fraction of sp³-hybridized carbons (Fsp3) is 0.571. The summed E-state index contributed by atoms with van der Waals surface area (Å²) in [7, 11) is 0. The molecule has 108 valence electrons. The topological polar surface area (TPSA) is 12.5 Å². The molecule has 1 heterocycles. The van der Waals surface area contributed by atoms with Crippen LogP contribution in [0.5, 0.6) is 5.75 Å². The van der Waals surface area contributed by atoms with E-state index in [-0.39, 0.29) is 17.0 Å². The zero-order valence-corrected chi connectivity index (χ0v) is 15.0. The molecule has 2 nitrogen and oxygen atoms in total. The van der Waals surface area contributed by atoms with Gasteiger partial charge in [-0.15, -0.1) is 17.0 Å². The predicted molar refractivity (Wildman–Crippen MR) is 89.9 cm³/mol. The van der Waals surface area contributed by atoms with Crippen LogP contribution >= 0.6 is 44.5 Å². The highest BCUT2D eigenvalue weighted by Crippen LogP contribution is 2.28. The van der Waals surface area contributed by atoms with Gasteiger partial charge < -0.3 is 9.64 Å². The van der Waals surface area contributed by atoms with Gasteiger partial charge in [-0.25, -0.2) is 0 Å². The number of piperidine rings is 1. The normalized spacial score (nSPS) is 15.9. The van der Waals surface area contributed by atoms with E-state index in [0.29, 0.717) is 0 Å². The minimum atomic E-state index is 0. The summed E-state index contributed by atoms with van der Waals surface area (Å²) in [5.41, 5.74) is 0. The van der Waals surface area contributed by atoms with Crippen molar-refractivity contribution in [3.8, 4) is 5.75 Å². The summed E-state index contributed by atoms with van der Waals surface area (Å²) in [6.07, 6.45) is 5.17. The highest BCUT2D eigenvalue weighted by molar-refractivity contribution is 9.10. The van der Waals surface area contributed by atoms with Crippen LogP contribution in [-0.4, -0.2) is 31.1 Å². The van der Waals surface area contributed by atoms with Gasteiger partial charge in [-0.05, 0) is 66.5 Å². The molecular weight excluding hydrogens is 393 g/mol. The van der Waals surface area contributed by atoms with Crippen LogP contribution in [0.25, 0.3) is 0 Å². The lowest BCUT2D eigenvalue weighted by Gasteiger charge is -2.26. The third-order valence-electron chi connectivity index (χ3n) is 3.22. The van der Waals surface area contributed by atoms with E-state index in [1.54, 1.807) is 0 Å². The third-order valence-corrected chi connectivity index (χ3v) is 4.07. The minimum Gasteiger partial charge on any atom is -0.492 e. The van der Waals surface area contributed by atoms with E-state index < -0.39 is 0 Å². The van der Waals surface area contributed by atoms with Gasteiger partial charge in [0.15, 0.2) is 0 Å². The van der Waals surface area contributed by atoms with Gasteiger partial charge in [0.2, 0.25) is 0 Å². The van der Waals surface area contributed by atoms with Crippen LogP contribution in [-0.2, 0) is 0 Å². The Hall–Kier alpha value is 0.230. The lowest BCUT2D eigenvalue weighted by atomic mass is 10.1. The molecule has 0 aliphatic carbocycles. The molecule has 1 fully saturated rings. The largest absolute Gasteiger partial charge is 0.492 e. The minimum absolute atomic E-state index is 0. The number of likely N-dealkylation sites (tertiary alicyclic amines) is 1. The molecule has 1 aromatic carbocycles. The average molecular weight is 414 g/mol. The number of hydrogen-bond acceptors (Lipinski definition) is 2. The van der Waals surface area contributed by atoms with E-state index >= 15 is 0 Å². The molecule has 0 aromatic heterocycles. The van der Waals surface area contributed by atoms with Crippen LogP contribution in [0.2, 0.25) is 5.02 Å². The molecule has 1 aliphatic rings. The third kappa shape index (κ3) is 6.03. The number of benzene rings is 1. The Morgan fingerprint density at radius 1 is 1.21 bits per heavy atom. The molecule has 0 bridgehead atoms. The Morgan fingerprint density at radius 3 is 2.63 bits per heavy atom. The van der Waals surface area contributed by atoms with E-state index in [2.05, 4.69) is 20.8 Å². The number of nitrogens with zero attached hydrogens (tertiary/aromatic N) is 1. The maximum absolute atomic E-state index is 5.89. The summed E-state index contributed by atoms with van der Waals surface area (Å²) in [4.78, 5) is 2.53. The second-order valence-electron chi connectivity index (χ2n) is 4.68. The van der Waals surface area contributed by atoms with E-state index in [9.17, 15) is 0 Å². The van der Waals surface area contributed by atoms with Crippen molar-refractivity contribution in [1.29, 1.82) is 0 Å². The van der Waals surface area contributed by atoms with Crippen LogP contribution in [0, 0.1) is 0 Å². The highest BCUT2D eigenvalue weighted by atomic mass is 79.9. The molecule has 0 amide bonds. The zero-order chi connectivity index (χ0) is 12.8. The van der Waals surface area contributed by atoms with Gasteiger partial charge in [0.25, 0.3) is 0 Å². The second kappa shape index (κ2) is 9.22. The summed E-state index contributed by atoms with van der Waals surface area (Å²) in [5, 5.41) is 0.725. The first-order valence-corrected chi connectivity index (χ1v) is 7.73. The molecule has 1 aromatic rings. The first-order valence-electron chi connectivity index (χ1n) is 6.56. The maximum atomic E-state index is 5.89. The van der Waals surface area contributed by atoms with Crippen molar-refractivity contribution in [3.63, 3.8) is 0 Å². The molecule has 0 saturated carbocycles. The van der Waals surface area contributed by atoms with Crippen molar-refractivity contribution >= 4 is 44.5 Å². The molecule has 19 heavy (non-hydrogen) atoms. The number of ether oxygens (including phenoxy) is 1. The van der Waals surface area contributed by atoms with Crippen LogP contribution < -0.4 is 4.74 Å². The molecule has 0 unspecified atom stereocenters. The lowest BCUT2D eigenvalue weighted by molar-refractivity contribution is 0.204. The van der Waals surface area contributed by atoms with Crippen molar-refractivity contribution in [2.75, 3.05) is 26.2 Å². The van der Waals surface area contributed by atoms with Crippen LogP contribution in [0.3, 0.4) is 0 Å². The van der Waals surface area contributed by atoms with Crippen molar-refractivity contribution in [2.45, 2.75) is 25.7 Å². The van der Waals surface area contributed by atoms with Gasteiger partial charge >= 0.3 is 0 Å². The van der Waals surface area contributed by atoms with Crippen molar-refractivity contribution in [3.05, 3.63) is 27.7 Å². The van der Waals surface area contributed by atoms with E-state index in [1.165, 1.54) is 32.4 Å². The molecule has 0 atom stereocenters. The molecule has 1 aliphatic heterocycles. The lowest BCUT2D eigenvalue weighted by Crippen LogP contribution is -2.31. The van der Waals surface area contributed by atoms with Gasteiger partial charge in [-0.3, -0.25) is 0 Å². The van der Waals surface area contributed by atoms with Crippen molar-refractivity contribution in [1.82, 2.24) is 4.90 Å². The first kappa shape index (κ1) is 17.3. The maximum Gasteiger partial charge on any atom is 0.133 e. The molecule has 5 heteroatoms. The molecule has 2 rings (SSSR count). The smallest absolute Gasteiger partial charge is 0.133 e. The van der Waals surface area contributed by atoms with Crippen LogP contribution in [0.15, 0.2) is 22.7 Å². The van der Waals surface area contributed by atoms with Gasteiger partial charge in [0.1, 0.15) is 5.75 Å². The summed E-state index contributed by atoms with van der Waals surface area (Å²) < 4.78 is 6.67. The van der Waals surface area contributed by atoms with Gasteiger partial charge in [-0.2, -0.15) is 0 Å². The van der Waals surface area contributed by atoms with Crippen molar-refractivity contribution < 1.29 is 4.74 Å². The summed E-state index contributed by atoms with van der Waals surface area (Å²) in [6.45, 7) is 4.41. The molecule has 0 radical (unpaired) electrons. The van der Waals surface area contributed by atoms with Crippen LogP contribution in [0.1, 0.15) is 25.7 Å². The Balaban J connectivity index is 0.00000180. The molecule has 0 N–H and O–H groups in total. The zero-order valence-electron chi connectivity index (χ0n) is 10.9. The Labute approximate surface area is 139 Å². The first-order chi connectivity index (χ1) is 8.75. The fourth-order valence-corrected chi connectivity index (χ4v) is 3.04. The Bertz CT molecular complexity index is 384. The van der Waals surface area contributed by atoms with Gasteiger partial charge in [-0.1, -0.05) is 18.0 Å². The fourth-order valence-electron chi connectivity index (χ4n) is 2.25. The Morgan fingerprint density at radius 2 is 1.95 bits per heavy atom. The summed E-state index contributed by atoms with van der Waals surface area (Å²) in [5.74, 6) is 0.873. The van der Waals surface area contributed by atoms with E-state index in [0.717, 1.165) is 34.8 Å². The molecule has 1 saturated heterocycles. The van der Waals surface area contributed by atoms with Gasteiger partial charge in [0.05, 0.1) is 11.1 Å². The number of halogens is 3. The quantitative estimate of drug-likeness (QED) is 0.635. The summed E-state index contributed by atoms with van der Waals surface area (Å²) >= 11 is 9.34. The predicted octanol–water partition coefficient (Wildman–Crippen LogP) is 4.94. The SMILES string of the molecule is Br.Clc1ccc(OCCCN2CCCCC2)c(Br)c1. The monoisotopic (exact) mass is 411 g/mol. The second-order valence-corrected chi connectivity index (χ2v) is 5.97. The molecule has 0 spiro atoms. The van der Waals surface area contributed by atoms with Crippen molar-refractivity contribution in [2.24, 2.45) is 0 Å². The van der Waals surface area contributed by atoms with E-state index in [1.807, 2.05) is 18.2 Å². The average Bonchev–Trinajstić information content (AvgIpc) is 2.38. The molecular formula is C14H20Br2ClNO. The summed E-state index contributed by atoms with van der Waals surface area (Å²) in [6, 6.07) is 5.63. The Kier molecular flexibility index (Phi) is 8.38. The number of rotatable bonds is 5. The highest BCUT2D eigenvalue weighted by Gasteiger charge is 2.09.